The lowest BCUT2D eigenvalue weighted by molar-refractivity contribution is -0.928. The zero-order valence-electron chi connectivity index (χ0n) is 14.8. The van der Waals surface area contributed by atoms with E-state index >= 15 is 0 Å². The highest BCUT2D eigenvalue weighted by atomic mass is 79.9. The molecule has 1 saturated heterocycles. The number of halogens is 1. The topological polar surface area (TPSA) is 52.0 Å². The number of amides is 1. The Kier molecular flexibility index (Phi) is 7.37. The normalized spacial score (nSPS) is 20.5. The average Bonchev–Trinajstić information content (AvgIpc) is 2.60. The Balaban J connectivity index is 1.86. The van der Waals surface area contributed by atoms with Crippen LogP contribution in [0.25, 0.3) is 0 Å². The number of piperidine rings is 1. The van der Waals surface area contributed by atoms with Crippen LogP contribution in [0.4, 0.5) is 0 Å². The van der Waals surface area contributed by atoms with E-state index in [9.17, 15) is 4.79 Å². The van der Waals surface area contributed by atoms with Gasteiger partial charge < -0.3 is 19.7 Å². The molecule has 24 heavy (non-hydrogen) atoms. The number of carbonyl (C=O) groups excluding carboxylic acids is 1. The largest absolute Gasteiger partial charge is 0.495 e. The summed E-state index contributed by atoms with van der Waals surface area (Å²) in [7, 11) is 3.15. The van der Waals surface area contributed by atoms with Crippen LogP contribution in [0, 0.1) is 0 Å². The first kappa shape index (κ1) is 19.1. The van der Waals surface area contributed by atoms with E-state index in [-0.39, 0.29) is 5.91 Å². The Labute approximate surface area is 152 Å². The van der Waals surface area contributed by atoms with Gasteiger partial charge in [0.05, 0.1) is 33.4 Å². The molecule has 0 spiro atoms. The van der Waals surface area contributed by atoms with Gasteiger partial charge in [-0.2, -0.15) is 0 Å². The zero-order chi connectivity index (χ0) is 17.5. The van der Waals surface area contributed by atoms with Gasteiger partial charge in [-0.15, -0.1) is 0 Å². The predicted molar refractivity (Wildman–Crippen MR) is 98.2 cm³/mol. The quantitative estimate of drug-likeness (QED) is 0.689. The van der Waals surface area contributed by atoms with Crippen LogP contribution in [0.1, 0.15) is 43.0 Å². The smallest absolute Gasteiger partial charge is 0.251 e. The SMILES string of the molecule is COc1cc(C(=O)NCCC[NH+]2CCCC[C@@H]2C)cc(OC)c1Br. The molecule has 1 aromatic carbocycles. The highest BCUT2D eigenvalue weighted by Gasteiger charge is 2.21. The van der Waals surface area contributed by atoms with Crippen LogP contribution < -0.4 is 19.7 Å². The predicted octanol–water partition coefficient (Wildman–Crippen LogP) is 2.04. The monoisotopic (exact) mass is 399 g/mol. The number of benzene rings is 1. The number of likely N-dealkylation sites (tertiary alicyclic amines) is 1. The van der Waals surface area contributed by atoms with Crippen LogP contribution in [-0.4, -0.2) is 45.8 Å². The molecule has 2 atom stereocenters. The molecular formula is C18H28BrN2O3+. The van der Waals surface area contributed by atoms with Gasteiger partial charge in [-0.3, -0.25) is 4.79 Å². The number of hydrogen-bond acceptors (Lipinski definition) is 3. The fourth-order valence-electron chi connectivity index (χ4n) is 3.24. The van der Waals surface area contributed by atoms with Crippen LogP contribution in [0.15, 0.2) is 16.6 Å². The summed E-state index contributed by atoms with van der Waals surface area (Å²) in [4.78, 5) is 14.0. The lowest BCUT2D eigenvalue weighted by atomic mass is 10.0. The maximum Gasteiger partial charge on any atom is 0.251 e. The van der Waals surface area contributed by atoms with E-state index in [0.29, 0.717) is 28.1 Å². The summed E-state index contributed by atoms with van der Waals surface area (Å²) in [6, 6.07) is 4.19. The van der Waals surface area contributed by atoms with Gasteiger partial charge in [-0.1, -0.05) is 0 Å². The molecule has 1 fully saturated rings. The third-order valence-corrected chi connectivity index (χ3v) is 5.53. The lowest BCUT2D eigenvalue weighted by Gasteiger charge is -2.30. The summed E-state index contributed by atoms with van der Waals surface area (Å²) < 4.78 is 11.3. The number of ether oxygens (including phenoxy) is 2. The second kappa shape index (κ2) is 9.28. The highest BCUT2D eigenvalue weighted by Crippen LogP contribution is 2.35. The molecule has 0 bridgehead atoms. The van der Waals surface area contributed by atoms with Gasteiger partial charge in [0.2, 0.25) is 0 Å². The van der Waals surface area contributed by atoms with E-state index in [4.69, 9.17) is 9.47 Å². The molecule has 1 heterocycles. The highest BCUT2D eigenvalue weighted by molar-refractivity contribution is 9.10. The van der Waals surface area contributed by atoms with Crippen LogP contribution in [-0.2, 0) is 0 Å². The van der Waals surface area contributed by atoms with E-state index in [0.717, 1.165) is 19.0 Å². The molecule has 0 saturated carbocycles. The molecular weight excluding hydrogens is 372 g/mol. The number of nitrogens with one attached hydrogen (secondary N) is 2. The summed E-state index contributed by atoms with van der Waals surface area (Å²) in [5.41, 5.74) is 0.547. The maximum atomic E-state index is 12.4. The Hall–Kier alpha value is -1.27. The van der Waals surface area contributed by atoms with Crippen molar-refractivity contribution in [2.75, 3.05) is 33.9 Å². The molecule has 1 amide bonds. The summed E-state index contributed by atoms with van der Waals surface area (Å²) in [6.45, 7) is 5.40. The van der Waals surface area contributed by atoms with Gasteiger partial charge in [-0.25, -0.2) is 0 Å². The van der Waals surface area contributed by atoms with Crippen LogP contribution in [0.3, 0.4) is 0 Å². The minimum Gasteiger partial charge on any atom is -0.495 e. The molecule has 1 unspecified atom stereocenters. The molecule has 0 aromatic heterocycles. The van der Waals surface area contributed by atoms with E-state index in [1.807, 2.05) is 0 Å². The van der Waals surface area contributed by atoms with Crippen molar-refractivity contribution < 1.29 is 19.2 Å². The third kappa shape index (κ3) is 4.86. The molecule has 1 aliphatic heterocycles. The van der Waals surface area contributed by atoms with E-state index in [1.54, 1.807) is 31.3 Å². The van der Waals surface area contributed by atoms with Crippen LogP contribution in [0.2, 0.25) is 0 Å². The Bertz CT molecular complexity index is 540. The van der Waals surface area contributed by atoms with Gasteiger partial charge in [-0.05, 0) is 54.2 Å². The Morgan fingerprint density at radius 1 is 1.29 bits per heavy atom. The number of rotatable bonds is 7. The van der Waals surface area contributed by atoms with Gasteiger partial charge in [0, 0.05) is 18.5 Å². The molecule has 5 nitrogen and oxygen atoms in total. The van der Waals surface area contributed by atoms with Crippen LogP contribution in [0.5, 0.6) is 11.5 Å². The molecule has 2 N–H and O–H groups in total. The Morgan fingerprint density at radius 3 is 2.54 bits per heavy atom. The molecule has 6 heteroatoms. The van der Waals surface area contributed by atoms with E-state index in [2.05, 4.69) is 28.2 Å². The second-order valence-corrected chi connectivity index (χ2v) is 7.15. The first-order valence-corrected chi connectivity index (χ1v) is 9.40. The van der Waals surface area contributed by atoms with Crippen LogP contribution >= 0.6 is 15.9 Å². The fraction of sp³-hybridized carbons (Fsp3) is 0.611. The molecule has 1 aromatic rings. The summed E-state index contributed by atoms with van der Waals surface area (Å²) >= 11 is 3.41. The van der Waals surface area contributed by atoms with Gasteiger partial charge in [0.25, 0.3) is 5.91 Å². The minimum atomic E-state index is -0.0965. The van der Waals surface area contributed by atoms with Crippen molar-refractivity contribution in [2.45, 2.75) is 38.6 Å². The number of hydrogen-bond donors (Lipinski definition) is 2. The lowest BCUT2D eigenvalue weighted by Crippen LogP contribution is -3.16. The van der Waals surface area contributed by atoms with Crippen molar-refractivity contribution in [1.82, 2.24) is 5.32 Å². The first-order chi connectivity index (χ1) is 11.6. The standard InChI is InChI=1S/C18H27BrN2O3/c1-13-7-4-5-9-21(13)10-6-8-20-18(22)14-11-15(23-2)17(19)16(12-14)24-3/h11-13H,4-10H2,1-3H3,(H,20,22)/p+1/t13-/m0/s1. The summed E-state index contributed by atoms with van der Waals surface area (Å²) in [5, 5.41) is 3.00. The number of methoxy groups -OCH3 is 2. The second-order valence-electron chi connectivity index (χ2n) is 6.36. The van der Waals surface area contributed by atoms with E-state index in [1.165, 1.54) is 25.8 Å². The number of quaternary nitrogens is 1. The maximum absolute atomic E-state index is 12.4. The third-order valence-electron chi connectivity index (χ3n) is 4.75. The van der Waals surface area contributed by atoms with Crippen molar-refractivity contribution in [3.05, 3.63) is 22.2 Å². The molecule has 2 rings (SSSR count). The van der Waals surface area contributed by atoms with E-state index < -0.39 is 0 Å². The van der Waals surface area contributed by atoms with Crippen molar-refractivity contribution in [1.29, 1.82) is 0 Å². The first-order valence-electron chi connectivity index (χ1n) is 8.61. The molecule has 134 valence electrons. The van der Waals surface area contributed by atoms with Crippen molar-refractivity contribution in [3.63, 3.8) is 0 Å². The fourth-order valence-corrected chi connectivity index (χ4v) is 3.80. The zero-order valence-corrected chi connectivity index (χ0v) is 16.4. The van der Waals surface area contributed by atoms with Crippen molar-refractivity contribution in [3.8, 4) is 11.5 Å². The number of carbonyl (C=O) groups is 1. The molecule has 1 aliphatic rings. The van der Waals surface area contributed by atoms with Gasteiger partial charge >= 0.3 is 0 Å². The summed E-state index contributed by atoms with van der Waals surface area (Å²) in [6.07, 6.45) is 5.00. The van der Waals surface area contributed by atoms with Crippen molar-refractivity contribution >= 4 is 21.8 Å². The van der Waals surface area contributed by atoms with Gasteiger partial charge in [0.1, 0.15) is 16.0 Å². The minimum absolute atomic E-state index is 0.0965. The average molecular weight is 400 g/mol. The van der Waals surface area contributed by atoms with Crippen molar-refractivity contribution in [2.24, 2.45) is 0 Å². The molecule has 0 radical (unpaired) electrons. The molecule has 0 aliphatic carbocycles. The Morgan fingerprint density at radius 2 is 1.96 bits per heavy atom. The van der Waals surface area contributed by atoms with Gasteiger partial charge in [0.15, 0.2) is 0 Å². The summed E-state index contributed by atoms with van der Waals surface area (Å²) in [5.74, 6) is 1.08.